The molecule has 1 aliphatic heterocycles. The second-order valence-corrected chi connectivity index (χ2v) is 11.4. The number of amides is 1. The first-order valence-electron chi connectivity index (χ1n) is 11.6. The molecule has 2 N–H and O–H groups in total. The maximum absolute atomic E-state index is 12.8. The molecule has 1 aliphatic carbocycles. The molecule has 0 spiro atoms. The number of nitrogens with two attached hydrogens (primary N) is 1. The summed E-state index contributed by atoms with van der Waals surface area (Å²) in [5.41, 5.74) is 9.05. The van der Waals surface area contributed by atoms with E-state index in [0.29, 0.717) is 22.5 Å². The van der Waals surface area contributed by atoms with E-state index in [-0.39, 0.29) is 5.92 Å². The number of nitrogen functional groups attached to an aromatic ring is 1. The Morgan fingerprint density at radius 1 is 1.03 bits per heavy atom. The molecule has 2 aliphatic rings. The molecule has 0 bridgehead atoms. The monoisotopic (exact) mass is 455 g/mol. The summed E-state index contributed by atoms with van der Waals surface area (Å²) in [5.74, 6) is 1.63. The molecule has 2 fully saturated rings. The fraction of sp³-hybridized carbons (Fsp3) is 0.520. The maximum atomic E-state index is 12.8. The van der Waals surface area contributed by atoms with Crippen LogP contribution in [-0.2, 0) is 21.1 Å². The second-order valence-electron chi connectivity index (χ2n) is 9.37. The molecule has 1 amide bonds. The van der Waals surface area contributed by atoms with Crippen LogP contribution in [0.1, 0.15) is 50.5 Å². The fourth-order valence-corrected chi connectivity index (χ4v) is 5.64. The van der Waals surface area contributed by atoms with Gasteiger partial charge in [0.2, 0.25) is 5.91 Å². The minimum atomic E-state index is -3.22. The third kappa shape index (κ3) is 5.31. The quantitative estimate of drug-likeness (QED) is 0.733. The summed E-state index contributed by atoms with van der Waals surface area (Å²) in [5, 5.41) is 0. The first-order valence-corrected chi connectivity index (χ1v) is 13.5. The lowest BCUT2D eigenvalue weighted by Crippen LogP contribution is -2.42. The Morgan fingerprint density at radius 3 is 2.31 bits per heavy atom. The number of likely N-dealkylation sites (tertiary alicyclic amines) is 1. The molecule has 6 nitrogen and oxygen atoms in total. The Hall–Kier alpha value is -2.41. The van der Waals surface area contributed by atoms with E-state index < -0.39 is 9.84 Å². The van der Waals surface area contributed by atoms with Gasteiger partial charge in [0.1, 0.15) is 5.82 Å². The molecule has 0 radical (unpaired) electrons. The first-order chi connectivity index (χ1) is 15.3. The van der Waals surface area contributed by atoms with Gasteiger partial charge in [0.05, 0.1) is 4.90 Å². The molecule has 1 aromatic heterocycles. The van der Waals surface area contributed by atoms with Gasteiger partial charge >= 0.3 is 0 Å². The number of rotatable bonds is 5. The van der Waals surface area contributed by atoms with Crippen LogP contribution in [0.2, 0.25) is 0 Å². The Morgan fingerprint density at radius 2 is 1.69 bits per heavy atom. The number of nitrogens with zero attached hydrogens (tertiary/aromatic N) is 2. The first kappa shape index (κ1) is 22.8. The number of anilines is 1. The predicted octanol–water partition coefficient (Wildman–Crippen LogP) is 4.10. The van der Waals surface area contributed by atoms with Crippen molar-refractivity contribution in [2.24, 2.45) is 11.8 Å². The summed E-state index contributed by atoms with van der Waals surface area (Å²) < 4.78 is 23.4. The number of benzene rings is 1. The Kier molecular flexibility index (Phi) is 6.84. The van der Waals surface area contributed by atoms with Crippen molar-refractivity contribution < 1.29 is 13.2 Å². The van der Waals surface area contributed by atoms with Crippen LogP contribution in [0.25, 0.3) is 11.1 Å². The highest BCUT2D eigenvalue weighted by Gasteiger charge is 2.29. The second kappa shape index (κ2) is 9.61. The number of carbonyl (C=O) groups excluding carboxylic acids is 1. The van der Waals surface area contributed by atoms with Crippen molar-refractivity contribution in [1.82, 2.24) is 9.88 Å². The molecular formula is C25H33N3O3S. The van der Waals surface area contributed by atoms with E-state index in [4.69, 9.17) is 5.73 Å². The number of sulfone groups is 1. The molecule has 2 aromatic rings. The topological polar surface area (TPSA) is 93.4 Å². The number of carbonyl (C=O) groups is 1. The summed E-state index contributed by atoms with van der Waals surface area (Å²) in [4.78, 5) is 19.6. The van der Waals surface area contributed by atoms with Crippen molar-refractivity contribution in [2.45, 2.75) is 56.3 Å². The van der Waals surface area contributed by atoms with Crippen molar-refractivity contribution >= 4 is 21.6 Å². The minimum Gasteiger partial charge on any atom is -0.383 e. The van der Waals surface area contributed by atoms with Gasteiger partial charge in [-0.1, -0.05) is 31.4 Å². The van der Waals surface area contributed by atoms with E-state index >= 15 is 0 Å². The zero-order valence-corrected chi connectivity index (χ0v) is 19.6. The van der Waals surface area contributed by atoms with Gasteiger partial charge in [-0.15, -0.1) is 0 Å². The van der Waals surface area contributed by atoms with Gasteiger partial charge in [-0.2, -0.15) is 0 Å². The standard InChI is InChI=1S/C25H33N3O3S/c1-32(30,31)23-9-7-19(8-10-23)22-16-21(24(26)27-17-22)15-18-11-13-28(14-12-18)25(29)20-5-3-2-4-6-20/h7-10,16-18,20H,2-6,11-15H2,1H3,(H2,26,27). The van der Waals surface area contributed by atoms with Crippen molar-refractivity contribution in [2.75, 3.05) is 25.1 Å². The number of aromatic nitrogens is 1. The lowest BCUT2D eigenvalue weighted by molar-refractivity contribution is -0.138. The van der Waals surface area contributed by atoms with Gasteiger partial charge in [0, 0.05) is 37.0 Å². The van der Waals surface area contributed by atoms with Crippen LogP contribution >= 0.6 is 0 Å². The van der Waals surface area contributed by atoms with Crippen molar-refractivity contribution in [1.29, 1.82) is 0 Å². The molecule has 1 aromatic carbocycles. The van der Waals surface area contributed by atoms with Crippen LogP contribution < -0.4 is 5.73 Å². The summed E-state index contributed by atoms with van der Waals surface area (Å²) in [6, 6.07) is 8.93. The molecule has 0 atom stereocenters. The van der Waals surface area contributed by atoms with E-state index in [9.17, 15) is 13.2 Å². The third-order valence-corrected chi connectivity index (χ3v) is 8.13. The lowest BCUT2D eigenvalue weighted by Gasteiger charge is -2.35. The minimum absolute atomic E-state index is 0.242. The zero-order chi connectivity index (χ0) is 22.7. The Bertz CT molecular complexity index is 1050. The van der Waals surface area contributed by atoms with Gasteiger partial charge in [0.15, 0.2) is 9.84 Å². The lowest BCUT2D eigenvalue weighted by atomic mass is 9.86. The van der Waals surface area contributed by atoms with Crippen LogP contribution in [-0.4, -0.2) is 43.6 Å². The third-order valence-electron chi connectivity index (χ3n) is 7.01. The van der Waals surface area contributed by atoms with Crippen molar-refractivity contribution in [3.8, 4) is 11.1 Å². The van der Waals surface area contributed by atoms with Crippen LogP contribution in [0.3, 0.4) is 0 Å². The average molecular weight is 456 g/mol. The SMILES string of the molecule is CS(=O)(=O)c1ccc(-c2cnc(N)c(CC3CCN(C(=O)C4CCCCC4)CC3)c2)cc1. The Labute approximate surface area is 191 Å². The van der Waals surface area contributed by atoms with Gasteiger partial charge in [-0.05, 0) is 67.3 Å². The van der Waals surface area contributed by atoms with Gasteiger partial charge in [-0.3, -0.25) is 4.79 Å². The van der Waals surface area contributed by atoms with Gasteiger partial charge < -0.3 is 10.6 Å². The molecule has 0 unspecified atom stereocenters. The van der Waals surface area contributed by atoms with E-state index in [1.807, 2.05) is 12.1 Å². The van der Waals surface area contributed by atoms with Gasteiger partial charge in [-0.25, -0.2) is 13.4 Å². The zero-order valence-electron chi connectivity index (χ0n) is 18.8. The molecule has 1 saturated heterocycles. The summed E-state index contributed by atoms with van der Waals surface area (Å²) in [6.45, 7) is 1.67. The number of hydrogen-bond donors (Lipinski definition) is 1. The highest BCUT2D eigenvalue weighted by molar-refractivity contribution is 7.90. The van der Waals surface area contributed by atoms with Crippen LogP contribution in [0.15, 0.2) is 41.4 Å². The molecule has 172 valence electrons. The smallest absolute Gasteiger partial charge is 0.225 e. The van der Waals surface area contributed by atoms with Gasteiger partial charge in [0.25, 0.3) is 0 Å². The molecule has 2 heterocycles. The summed E-state index contributed by atoms with van der Waals surface area (Å²) in [7, 11) is -3.22. The van der Waals surface area contributed by atoms with Crippen molar-refractivity contribution in [3.63, 3.8) is 0 Å². The number of piperidine rings is 1. The summed E-state index contributed by atoms with van der Waals surface area (Å²) in [6.07, 6.45) is 11.5. The maximum Gasteiger partial charge on any atom is 0.225 e. The average Bonchev–Trinajstić information content (AvgIpc) is 2.81. The van der Waals surface area contributed by atoms with E-state index in [2.05, 4.69) is 16.0 Å². The molecular weight excluding hydrogens is 422 g/mol. The number of hydrogen-bond acceptors (Lipinski definition) is 5. The molecule has 7 heteroatoms. The Balaban J connectivity index is 1.39. The normalized spacial score (nSPS) is 18.6. The fourth-order valence-electron chi connectivity index (χ4n) is 5.01. The molecule has 4 rings (SSSR count). The van der Waals surface area contributed by atoms with Crippen LogP contribution in [0.5, 0.6) is 0 Å². The van der Waals surface area contributed by atoms with E-state index in [0.717, 1.165) is 61.9 Å². The highest BCUT2D eigenvalue weighted by atomic mass is 32.2. The van der Waals surface area contributed by atoms with Crippen molar-refractivity contribution in [3.05, 3.63) is 42.1 Å². The number of pyridine rings is 1. The highest BCUT2D eigenvalue weighted by Crippen LogP contribution is 2.30. The van der Waals surface area contributed by atoms with E-state index in [1.54, 1.807) is 18.3 Å². The predicted molar refractivity (Wildman–Crippen MR) is 127 cm³/mol. The molecule has 1 saturated carbocycles. The van der Waals surface area contributed by atoms with Crippen LogP contribution in [0, 0.1) is 11.8 Å². The summed E-state index contributed by atoms with van der Waals surface area (Å²) >= 11 is 0. The largest absolute Gasteiger partial charge is 0.383 e. The van der Waals surface area contributed by atoms with Crippen LogP contribution in [0.4, 0.5) is 5.82 Å². The molecule has 32 heavy (non-hydrogen) atoms. The van der Waals surface area contributed by atoms with E-state index in [1.165, 1.54) is 25.5 Å².